The third-order valence-corrected chi connectivity index (χ3v) is 4.96. The summed E-state index contributed by atoms with van der Waals surface area (Å²) >= 11 is 7.45. The van der Waals surface area contributed by atoms with Crippen molar-refractivity contribution in [3.05, 3.63) is 63.1 Å². The highest BCUT2D eigenvalue weighted by Crippen LogP contribution is 2.27. The average Bonchev–Trinajstić information content (AvgIpc) is 3.15. The van der Waals surface area contributed by atoms with Gasteiger partial charge in [0.2, 0.25) is 0 Å². The van der Waals surface area contributed by atoms with E-state index in [9.17, 15) is 4.79 Å². The predicted molar refractivity (Wildman–Crippen MR) is 111 cm³/mol. The molecule has 28 heavy (non-hydrogen) atoms. The number of aromatic nitrogens is 4. The number of anilines is 1. The molecule has 0 fully saturated rings. The van der Waals surface area contributed by atoms with E-state index >= 15 is 0 Å². The highest BCUT2D eigenvalue weighted by atomic mass is 35.5. The lowest BCUT2D eigenvalue weighted by molar-refractivity contribution is 0.296. The highest BCUT2D eigenvalue weighted by molar-refractivity contribution is 7.14. The number of nitrogens with one attached hydrogen (secondary N) is 2. The molecule has 0 bridgehead atoms. The monoisotopic (exact) mass is 413 g/mol. The smallest absolute Gasteiger partial charge is 0.258 e. The zero-order chi connectivity index (χ0) is 19.5. The van der Waals surface area contributed by atoms with Crippen molar-refractivity contribution in [2.24, 2.45) is 0 Å². The lowest BCUT2D eigenvalue weighted by atomic mass is 10.2. The van der Waals surface area contributed by atoms with Gasteiger partial charge < -0.3 is 15.0 Å². The Balaban J connectivity index is 1.70. The quantitative estimate of drug-likeness (QED) is 0.494. The molecule has 9 heteroatoms. The van der Waals surface area contributed by atoms with Gasteiger partial charge >= 0.3 is 0 Å². The van der Waals surface area contributed by atoms with Crippen LogP contribution >= 0.6 is 22.9 Å². The number of hydrogen-bond acceptors (Lipinski definition) is 7. The number of rotatable bonds is 6. The average molecular weight is 414 g/mol. The van der Waals surface area contributed by atoms with Crippen LogP contribution < -0.4 is 15.6 Å². The fourth-order valence-corrected chi connectivity index (χ4v) is 3.64. The van der Waals surface area contributed by atoms with E-state index < -0.39 is 0 Å². The maximum Gasteiger partial charge on any atom is 0.258 e. The van der Waals surface area contributed by atoms with E-state index in [1.54, 1.807) is 36.5 Å². The largest absolute Gasteiger partial charge is 0.486 e. The molecular formula is C19H16ClN5O2S. The molecule has 0 aliphatic carbocycles. The van der Waals surface area contributed by atoms with Crippen LogP contribution in [0.3, 0.4) is 0 Å². The van der Waals surface area contributed by atoms with Crippen LogP contribution in [0.15, 0.2) is 46.7 Å². The maximum absolute atomic E-state index is 12.5. The first kappa shape index (κ1) is 18.4. The predicted octanol–water partition coefficient (Wildman–Crippen LogP) is 4.11. The third-order valence-electron chi connectivity index (χ3n) is 3.92. The van der Waals surface area contributed by atoms with Crippen molar-refractivity contribution in [2.75, 3.05) is 11.9 Å². The molecule has 4 rings (SSSR count). The van der Waals surface area contributed by atoms with Crippen LogP contribution in [-0.2, 0) is 6.61 Å². The van der Waals surface area contributed by atoms with E-state index in [-0.39, 0.29) is 12.2 Å². The summed E-state index contributed by atoms with van der Waals surface area (Å²) in [5.41, 5.74) is 1.48. The summed E-state index contributed by atoms with van der Waals surface area (Å²) in [6, 6.07) is 8.68. The second kappa shape index (κ2) is 7.95. The van der Waals surface area contributed by atoms with Gasteiger partial charge in [0.25, 0.3) is 5.56 Å². The Morgan fingerprint density at radius 1 is 1.29 bits per heavy atom. The zero-order valence-electron chi connectivity index (χ0n) is 14.9. The number of benzene rings is 1. The Kier molecular flexibility index (Phi) is 5.23. The van der Waals surface area contributed by atoms with E-state index in [2.05, 4.69) is 25.3 Å². The number of ether oxygens (including phenoxy) is 1. The number of H-pyrrole nitrogens is 1. The van der Waals surface area contributed by atoms with Crippen molar-refractivity contribution in [2.45, 2.75) is 13.5 Å². The summed E-state index contributed by atoms with van der Waals surface area (Å²) in [5, 5.41) is 6.89. The van der Waals surface area contributed by atoms with Crippen molar-refractivity contribution in [3.63, 3.8) is 0 Å². The standard InChI is InChI=1S/C19H16ClN5O2S/c1-2-21-19-23-14(10-28-19)17-16-13(6-7-22-17)18(26)25-15(24-16)9-27-12-5-3-4-11(20)8-12/h3-8,10H,2,9H2,1H3,(H,21,23)(H,24,25,26). The van der Waals surface area contributed by atoms with Crippen LogP contribution in [0.5, 0.6) is 5.75 Å². The second-order valence-electron chi connectivity index (χ2n) is 5.88. The van der Waals surface area contributed by atoms with Gasteiger partial charge in [-0.1, -0.05) is 17.7 Å². The molecule has 4 aromatic rings. The molecule has 0 radical (unpaired) electrons. The first-order valence-corrected chi connectivity index (χ1v) is 9.86. The summed E-state index contributed by atoms with van der Waals surface area (Å²) in [5.74, 6) is 0.991. The third kappa shape index (κ3) is 3.83. The molecule has 3 heterocycles. The fourth-order valence-electron chi connectivity index (χ4n) is 2.69. The van der Waals surface area contributed by atoms with Crippen LogP contribution in [0, 0.1) is 0 Å². The summed E-state index contributed by atoms with van der Waals surface area (Å²) in [6.45, 7) is 2.88. The Hall–Kier alpha value is -2.97. The minimum absolute atomic E-state index is 0.0968. The summed E-state index contributed by atoms with van der Waals surface area (Å²) in [7, 11) is 0. The van der Waals surface area contributed by atoms with Crippen LogP contribution in [0.1, 0.15) is 12.7 Å². The fraction of sp³-hybridized carbons (Fsp3) is 0.158. The number of pyridine rings is 1. The minimum atomic E-state index is -0.250. The first-order chi connectivity index (χ1) is 13.6. The topological polar surface area (TPSA) is 92.8 Å². The molecule has 0 spiro atoms. The Labute approximate surface area is 169 Å². The van der Waals surface area contributed by atoms with Gasteiger partial charge in [0.1, 0.15) is 35.1 Å². The molecule has 0 amide bonds. The van der Waals surface area contributed by atoms with E-state index in [1.807, 2.05) is 12.3 Å². The maximum atomic E-state index is 12.5. The van der Waals surface area contributed by atoms with Gasteiger partial charge in [-0.05, 0) is 31.2 Å². The Morgan fingerprint density at radius 2 is 2.18 bits per heavy atom. The van der Waals surface area contributed by atoms with Gasteiger partial charge in [0.05, 0.1) is 5.39 Å². The summed E-state index contributed by atoms with van der Waals surface area (Å²) in [4.78, 5) is 28.8. The molecule has 2 N–H and O–H groups in total. The molecule has 0 aliphatic heterocycles. The van der Waals surface area contributed by atoms with E-state index in [4.69, 9.17) is 16.3 Å². The molecule has 0 unspecified atom stereocenters. The molecule has 3 aromatic heterocycles. The Bertz CT molecular complexity index is 1190. The van der Waals surface area contributed by atoms with Crippen molar-refractivity contribution in [1.82, 2.24) is 19.9 Å². The van der Waals surface area contributed by atoms with Gasteiger partial charge in [-0.15, -0.1) is 11.3 Å². The van der Waals surface area contributed by atoms with Crippen molar-refractivity contribution in [1.29, 1.82) is 0 Å². The van der Waals surface area contributed by atoms with Crippen molar-refractivity contribution >= 4 is 39.0 Å². The molecule has 142 valence electrons. The molecule has 0 atom stereocenters. The first-order valence-electron chi connectivity index (χ1n) is 8.60. The van der Waals surface area contributed by atoms with Crippen LogP contribution in [-0.4, -0.2) is 26.5 Å². The zero-order valence-corrected chi connectivity index (χ0v) is 16.5. The second-order valence-corrected chi connectivity index (χ2v) is 7.18. The van der Waals surface area contributed by atoms with E-state index in [0.29, 0.717) is 38.9 Å². The van der Waals surface area contributed by atoms with Gasteiger partial charge in [-0.2, -0.15) is 0 Å². The minimum Gasteiger partial charge on any atom is -0.486 e. The van der Waals surface area contributed by atoms with Gasteiger partial charge in [-0.3, -0.25) is 9.78 Å². The van der Waals surface area contributed by atoms with Crippen LogP contribution in [0.25, 0.3) is 22.3 Å². The van der Waals surface area contributed by atoms with Crippen LogP contribution in [0.2, 0.25) is 5.02 Å². The summed E-state index contributed by atoms with van der Waals surface area (Å²) in [6.07, 6.45) is 1.59. The summed E-state index contributed by atoms with van der Waals surface area (Å²) < 4.78 is 5.70. The van der Waals surface area contributed by atoms with Gasteiger partial charge in [-0.25, -0.2) is 9.97 Å². The lowest BCUT2D eigenvalue weighted by Crippen LogP contribution is -2.14. The molecule has 0 saturated heterocycles. The SMILES string of the molecule is CCNc1nc(-c2nccc3c(=O)[nH]c(COc4cccc(Cl)c4)nc23)cs1. The molecule has 0 saturated carbocycles. The number of aromatic amines is 1. The van der Waals surface area contributed by atoms with E-state index in [1.165, 1.54) is 11.3 Å². The molecule has 0 aliphatic rings. The normalized spacial score (nSPS) is 10.9. The lowest BCUT2D eigenvalue weighted by Gasteiger charge is -2.08. The highest BCUT2D eigenvalue weighted by Gasteiger charge is 2.14. The van der Waals surface area contributed by atoms with Gasteiger partial charge in [0, 0.05) is 23.1 Å². The molecular weight excluding hydrogens is 398 g/mol. The number of nitrogens with zero attached hydrogens (tertiary/aromatic N) is 3. The van der Waals surface area contributed by atoms with Crippen molar-refractivity contribution < 1.29 is 4.74 Å². The van der Waals surface area contributed by atoms with Crippen molar-refractivity contribution in [3.8, 4) is 17.1 Å². The molecule has 1 aromatic carbocycles. The number of fused-ring (bicyclic) bond motifs is 1. The van der Waals surface area contributed by atoms with Crippen LogP contribution in [0.4, 0.5) is 5.13 Å². The number of thiazole rings is 1. The van der Waals surface area contributed by atoms with E-state index in [0.717, 1.165) is 11.7 Å². The number of hydrogen-bond donors (Lipinski definition) is 2. The van der Waals surface area contributed by atoms with Gasteiger partial charge in [0.15, 0.2) is 5.13 Å². The molecule has 7 nitrogen and oxygen atoms in total. The Morgan fingerprint density at radius 3 is 3.00 bits per heavy atom. The number of halogens is 1.